The van der Waals surface area contributed by atoms with E-state index < -0.39 is 0 Å². The molecule has 1 aliphatic rings. The number of anilines is 1. The van der Waals surface area contributed by atoms with Gasteiger partial charge in [-0.1, -0.05) is 0 Å². The maximum absolute atomic E-state index is 5.61. The van der Waals surface area contributed by atoms with Gasteiger partial charge in [0.1, 0.15) is 5.75 Å². The van der Waals surface area contributed by atoms with E-state index in [0.717, 1.165) is 50.5 Å². The summed E-state index contributed by atoms with van der Waals surface area (Å²) in [4.78, 5) is 0. The van der Waals surface area contributed by atoms with E-state index in [-0.39, 0.29) is 0 Å². The van der Waals surface area contributed by atoms with Crippen molar-refractivity contribution >= 4 is 23.0 Å². The Labute approximate surface area is 143 Å². The highest BCUT2D eigenvalue weighted by Gasteiger charge is 2.14. The van der Waals surface area contributed by atoms with Crippen LogP contribution in [-0.2, 0) is 9.47 Å². The summed E-state index contributed by atoms with van der Waals surface area (Å²) in [6.45, 7) is 5.72. The molecule has 1 aliphatic heterocycles. The lowest BCUT2D eigenvalue weighted by Gasteiger charge is -2.12. The molecule has 1 saturated heterocycles. The summed E-state index contributed by atoms with van der Waals surface area (Å²) in [6, 6.07) is 7.74. The monoisotopic (exact) mass is 338 g/mol. The Bertz CT molecular complexity index is 461. The van der Waals surface area contributed by atoms with Crippen molar-refractivity contribution in [3.63, 3.8) is 0 Å². The fourth-order valence-electron chi connectivity index (χ4n) is 2.34. The molecule has 0 bridgehead atoms. The fourth-order valence-corrected chi connectivity index (χ4v) is 2.56. The van der Waals surface area contributed by atoms with Crippen molar-refractivity contribution in [2.24, 2.45) is 0 Å². The van der Waals surface area contributed by atoms with Crippen LogP contribution in [0.5, 0.6) is 5.75 Å². The van der Waals surface area contributed by atoms with E-state index in [1.807, 2.05) is 31.2 Å². The summed E-state index contributed by atoms with van der Waals surface area (Å²) in [5.41, 5.74) is 0.945. The predicted molar refractivity (Wildman–Crippen MR) is 96.2 cm³/mol. The average molecular weight is 338 g/mol. The van der Waals surface area contributed by atoms with Crippen LogP contribution in [0.1, 0.15) is 26.2 Å². The topological polar surface area (TPSA) is 51.8 Å². The standard InChI is InChI=1S/C17H26N2O3S/c1-2-21-15-8-6-14(7-9-15)19-17(23)18-10-4-11-20-13-16-5-3-12-22-16/h6-9,16H,2-5,10-13H2,1H3,(H2,18,19,23)/t16-/m0/s1. The molecule has 1 heterocycles. The number of thiocarbonyl (C=S) groups is 1. The zero-order valence-corrected chi connectivity index (χ0v) is 14.5. The molecule has 0 spiro atoms. The number of ether oxygens (including phenoxy) is 3. The second kappa shape index (κ2) is 10.4. The lowest BCUT2D eigenvalue weighted by Crippen LogP contribution is -2.30. The molecule has 0 amide bonds. The molecule has 0 aromatic heterocycles. The highest BCUT2D eigenvalue weighted by molar-refractivity contribution is 7.80. The molecule has 1 aromatic rings. The zero-order valence-electron chi connectivity index (χ0n) is 13.7. The minimum absolute atomic E-state index is 0.297. The minimum Gasteiger partial charge on any atom is -0.494 e. The summed E-state index contributed by atoms with van der Waals surface area (Å²) in [7, 11) is 0. The summed E-state index contributed by atoms with van der Waals surface area (Å²) in [5.74, 6) is 0.861. The van der Waals surface area contributed by atoms with E-state index in [0.29, 0.717) is 24.4 Å². The second-order valence-electron chi connectivity index (χ2n) is 5.40. The quantitative estimate of drug-likeness (QED) is 0.533. The van der Waals surface area contributed by atoms with Crippen LogP contribution in [0.25, 0.3) is 0 Å². The Morgan fingerprint density at radius 3 is 2.87 bits per heavy atom. The minimum atomic E-state index is 0.297. The molecule has 6 heteroatoms. The van der Waals surface area contributed by atoms with Gasteiger partial charge in [0.15, 0.2) is 5.11 Å². The van der Waals surface area contributed by atoms with Crippen molar-refractivity contribution in [1.82, 2.24) is 5.32 Å². The first-order valence-electron chi connectivity index (χ1n) is 8.25. The molecule has 23 heavy (non-hydrogen) atoms. The van der Waals surface area contributed by atoms with Crippen LogP contribution in [0.2, 0.25) is 0 Å². The van der Waals surface area contributed by atoms with Crippen LogP contribution < -0.4 is 15.4 Å². The molecule has 0 unspecified atom stereocenters. The Kier molecular flexibility index (Phi) is 8.14. The van der Waals surface area contributed by atoms with Gasteiger partial charge in [-0.15, -0.1) is 0 Å². The van der Waals surface area contributed by atoms with Gasteiger partial charge in [0.05, 0.1) is 19.3 Å². The Morgan fingerprint density at radius 1 is 1.35 bits per heavy atom. The van der Waals surface area contributed by atoms with E-state index >= 15 is 0 Å². The molecule has 1 fully saturated rings. The number of rotatable bonds is 9. The second-order valence-corrected chi connectivity index (χ2v) is 5.81. The van der Waals surface area contributed by atoms with E-state index in [1.165, 1.54) is 0 Å². The van der Waals surface area contributed by atoms with Crippen LogP contribution in [0.4, 0.5) is 5.69 Å². The summed E-state index contributed by atoms with van der Waals surface area (Å²) in [5, 5.41) is 6.95. The SMILES string of the molecule is CCOc1ccc(NC(=S)NCCCOC[C@@H]2CCCO2)cc1. The van der Waals surface area contributed by atoms with Crippen LogP contribution in [0.3, 0.4) is 0 Å². The van der Waals surface area contributed by atoms with Crippen molar-refractivity contribution < 1.29 is 14.2 Å². The van der Waals surface area contributed by atoms with E-state index in [2.05, 4.69) is 10.6 Å². The summed E-state index contributed by atoms with van der Waals surface area (Å²) >= 11 is 5.27. The molecule has 0 saturated carbocycles. The Hall–Kier alpha value is -1.37. The number of nitrogens with one attached hydrogen (secondary N) is 2. The zero-order chi connectivity index (χ0) is 16.3. The molecule has 0 aliphatic carbocycles. The Morgan fingerprint density at radius 2 is 2.17 bits per heavy atom. The first-order chi connectivity index (χ1) is 11.3. The molecular weight excluding hydrogens is 312 g/mol. The number of hydrogen-bond donors (Lipinski definition) is 2. The number of hydrogen-bond acceptors (Lipinski definition) is 4. The third-order valence-electron chi connectivity index (χ3n) is 3.50. The van der Waals surface area contributed by atoms with Gasteiger partial charge in [-0.25, -0.2) is 0 Å². The number of benzene rings is 1. The maximum atomic E-state index is 5.61. The highest BCUT2D eigenvalue weighted by Crippen LogP contribution is 2.15. The lowest BCUT2D eigenvalue weighted by molar-refractivity contribution is 0.0168. The van der Waals surface area contributed by atoms with Crippen molar-refractivity contribution in [1.29, 1.82) is 0 Å². The first-order valence-corrected chi connectivity index (χ1v) is 8.66. The molecule has 1 aromatic carbocycles. The van der Waals surface area contributed by atoms with Crippen molar-refractivity contribution in [2.45, 2.75) is 32.3 Å². The van der Waals surface area contributed by atoms with Crippen LogP contribution >= 0.6 is 12.2 Å². The van der Waals surface area contributed by atoms with Crippen LogP contribution in [0.15, 0.2) is 24.3 Å². The van der Waals surface area contributed by atoms with Gasteiger partial charge < -0.3 is 24.8 Å². The summed E-state index contributed by atoms with van der Waals surface area (Å²) < 4.78 is 16.5. The van der Waals surface area contributed by atoms with Crippen molar-refractivity contribution in [2.75, 3.05) is 38.3 Å². The fraction of sp³-hybridized carbons (Fsp3) is 0.588. The van der Waals surface area contributed by atoms with E-state index in [1.54, 1.807) is 0 Å². The van der Waals surface area contributed by atoms with E-state index in [9.17, 15) is 0 Å². The first kappa shape index (κ1) is 18.0. The van der Waals surface area contributed by atoms with Crippen molar-refractivity contribution in [3.05, 3.63) is 24.3 Å². The Balaban J connectivity index is 1.52. The van der Waals surface area contributed by atoms with Gasteiger partial charge in [-0.3, -0.25) is 0 Å². The van der Waals surface area contributed by atoms with Gasteiger partial charge >= 0.3 is 0 Å². The smallest absolute Gasteiger partial charge is 0.170 e. The molecule has 5 nitrogen and oxygen atoms in total. The molecule has 2 N–H and O–H groups in total. The molecule has 2 rings (SSSR count). The van der Waals surface area contributed by atoms with Crippen LogP contribution in [-0.4, -0.2) is 44.2 Å². The van der Waals surface area contributed by atoms with Gasteiger partial charge in [0.25, 0.3) is 0 Å². The molecule has 0 radical (unpaired) electrons. The van der Waals surface area contributed by atoms with Gasteiger partial charge in [-0.2, -0.15) is 0 Å². The molecular formula is C17H26N2O3S. The molecule has 128 valence electrons. The normalized spacial score (nSPS) is 17.0. The maximum Gasteiger partial charge on any atom is 0.170 e. The third-order valence-corrected chi connectivity index (χ3v) is 3.75. The van der Waals surface area contributed by atoms with Crippen molar-refractivity contribution in [3.8, 4) is 5.75 Å². The molecule has 1 atom stereocenters. The van der Waals surface area contributed by atoms with Gasteiger partial charge in [0.2, 0.25) is 0 Å². The average Bonchev–Trinajstić information content (AvgIpc) is 3.06. The highest BCUT2D eigenvalue weighted by atomic mass is 32.1. The largest absolute Gasteiger partial charge is 0.494 e. The van der Waals surface area contributed by atoms with Gasteiger partial charge in [-0.05, 0) is 62.7 Å². The lowest BCUT2D eigenvalue weighted by atomic mass is 10.2. The predicted octanol–water partition coefficient (Wildman–Crippen LogP) is 2.96. The van der Waals surface area contributed by atoms with Gasteiger partial charge in [0, 0.05) is 25.4 Å². The summed E-state index contributed by atoms with van der Waals surface area (Å²) in [6.07, 6.45) is 3.48. The van der Waals surface area contributed by atoms with E-state index in [4.69, 9.17) is 26.4 Å². The third kappa shape index (κ3) is 7.16. The van der Waals surface area contributed by atoms with Crippen LogP contribution in [0, 0.1) is 0 Å².